The molecule has 0 atom stereocenters. The Balaban J connectivity index is 1.61. The average molecular weight is 422 g/mol. The molecular weight excluding hydrogens is 406 g/mol. The molecule has 0 saturated carbocycles. The zero-order chi connectivity index (χ0) is 21.0. The topological polar surface area (TPSA) is 97.6 Å². The summed E-state index contributed by atoms with van der Waals surface area (Å²) in [5.41, 5.74) is 1.44. The first kappa shape index (κ1) is 20.5. The minimum Gasteiger partial charge on any atom is -0.493 e. The number of hydrogen-bond acceptors (Lipinski definition) is 7. The number of nitriles is 1. The number of carbonyl (C=O) groups excluding carboxylic acids is 2. The molecule has 1 N–H and O–H groups in total. The number of esters is 1. The molecule has 1 aliphatic carbocycles. The summed E-state index contributed by atoms with van der Waals surface area (Å²) in [7, 11) is 1.24. The monoisotopic (exact) mass is 422 g/mol. The number of nitrogens with one attached hydrogen (secondary N) is 1. The zero-order valence-corrected chi connectivity index (χ0v) is 16.1. The number of nitrogens with zero attached hydrogens (tertiary/aromatic N) is 1. The van der Waals surface area contributed by atoms with Crippen LogP contribution in [0.4, 0.5) is 13.8 Å². The van der Waals surface area contributed by atoms with Gasteiger partial charge in [-0.1, -0.05) is 0 Å². The molecule has 0 unspecified atom stereocenters. The largest absolute Gasteiger partial charge is 0.493 e. The van der Waals surface area contributed by atoms with Crippen molar-refractivity contribution in [1.82, 2.24) is 0 Å². The minimum atomic E-state index is -3.04. The first-order valence-corrected chi connectivity index (χ1v) is 9.39. The van der Waals surface area contributed by atoms with Gasteiger partial charge < -0.3 is 19.5 Å². The molecule has 2 aromatic rings. The normalized spacial score (nSPS) is 12.2. The van der Waals surface area contributed by atoms with E-state index in [1.807, 2.05) is 0 Å². The van der Waals surface area contributed by atoms with Crippen LogP contribution in [0, 0.1) is 11.3 Å². The summed E-state index contributed by atoms with van der Waals surface area (Å²) >= 11 is 1.36. The van der Waals surface area contributed by atoms with Gasteiger partial charge in [-0.3, -0.25) is 4.79 Å². The zero-order valence-electron chi connectivity index (χ0n) is 15.3. The van der Waals surface area contributed by atoms with Crippen molar-refractivity contribution in [3.8, 4) is 17.6 Å². The number of benzene rings is 1. The molecule has 0 fully saturated rings. The second kappa shape index (κ2) is 8.87. The Morgan fingerprint density at radius 1 is 1.31 bits per heavy atom. The molecule has 7 nitrogen and oxygen atoms in total. The highest BCUT2D eigenvalue weighted by Crippen LogP contribution is 2.38. The highest BCUT2D eigenvalue weighted by molar-refractivity contribution is 7.16. The van der Waals surface area contributed by atoms with Crippen molar-refractivity contribution in [2.24, 2.45) is 0 Å². The Morgan fingerprint density at radius 2 is 2.10 bits per heavy atom. The van der Waals surface area contributed by atoms with Gasteiger partial charge in [0, 0.05) is 4.88 Å². The molecule has 0 radical (unpaired) electrons. The van der Waals surface area contributed by atoms with E-state index in [9.17, 15) is 23.6 Å². The summed E-state index contributed by atoms with van der Waals surface area (Å²) in [4.78, 5) is 25.4. The number of amides is 1. The van der Waals surface area contributed by atoms with Crippen molar-refractivity contribution >= 4 is 28.2 Å². The Kier molecular flexibility index (Phi) is 6.29. The Hall–Kier alpha value is -3.19. The van der Waals surface area contributed by atoms with E-state index in [-0.39, 0.29) is 17.1 Å². The first-order chi connectivity index (χ1) is 13.9. The Bertz CT molecular complexity index is 984. The van der Waals surface area contributed by atoms with Crippen LogP contribution in [0.5, 0.6) is 11.5 Å². The van der Waals surface area contributed by atoms with Crippen LogP contribution in [0.2, 0.25) is 0 Å². The molecule has 29 heavy (non-hydrogen) atoms. The summed E-state index contributed by atoms with van der Waals surface area (Å²) < 4.78 is 38.9. The van der Waals surface area contributed by atoms with Crippen LogP contribution in [0.15, 0.2) is 18.2 Å². The maximum absolute atomic E-state index is 12.4. The molecule has 0 saturated heterocycles. The fraction of sp³-hybridized carbons (Fsp3) is 0.316. The van der Waals surface area contributed by atoms with Gasteiger partial charge in [0.1, 0.15) is 11.1 Å². The number of anilines is 1. The molecule has 1 aliphatic rings. The van der Waals surface area contributed by atoms with E-state index in [2.05, 4.69) is 16.1 Å². The molecule has 152 valence electrons. The maximum atomic E-state index is 12.4. The quantitative estimate of drug-likeness (QED) is 0.686. The van der Waals surface area contributed by atoms with Gasteiger partial charge in [0.05, 0.1) is 18.2 Å². The molecule has 0 aliphatic heterocycles. The number of rotatable bonds is 7. The van der Waals surface area contributed by atoms with Gasteiger partial charge >= 0.3 is 12.6 Å². The molecule has 1 aromatic carbocycles. The number of aryl methyl sites for hydroxylation is 1. The second-order valence-corrected chi connectivity index (χ2v) is 7.15. The third-order valence-electron chi connectivity index (χ3n) is 4.24. The van der Waals surface area contributed by atoms with E-state index in [1.54, 1.807) is 0 Å². The van der Waals surface area contributed by atoms with Crippen LogP contribution in [0.1, 0.15) is 32.8 Å². The SMILES string of the molecule is COc1cc(C(=O)OCC(=O)Nc2sc3c(c2C#N)CCC3)ccc1OC(F)F. The lowest BCUT2D eigenvalue weighted by atomic mass is 10.1. The molecule has 3 rings (SSSR count). The van der Waals surface area contributed by atoms with Gasteiger partial charge in [-0.2, -0.15) is 14.0 Å². The third kappa shape index (κ3) is 4.63. The van der Waals surface area contributed by atoms with E-state index >= 15 is 0 Å². The number of carbonyl (C=O) groups is 2. The van der Waals surface area contributed by atoms with Gasteiger partial charge in [-0.15, -0.1) is 11.3 Å². The lowest BCUT2D eigenvalue weighted by Crippen LogP contribution is -2.21. The molecule has 1 heterocycles. The van der Waals surface area contributed by atoms with Crippen molar-refractivity contribution < 1.29 is 32.6 Å². The number of methoxy groups -OCH3 is 1. The van der Waals surface area contributed by atoms with Gasteiger partial charge in [-0.05, 0) is 43.0 Å². The maximum Gasteiger partial charge on any atom is 0.387 e. The summed E-state index contributed by atoms with van der Waals surface area (Å²) in [6, 6.07) is 5.66. The molecule has 1 amide bonds. The standard InChI is InChI=1S/C19H16F2N2O5S/c1-26-14-7-10(5-6-13(14)28-19(20)21)18(25)27-9-16(24)23-17-12(8-22)11-3-2-4-15(11)29-17/h5-7,19H,2-4,9H2,1H3,(H,23,24). The smallest absolute Gasteiger partial charge is 0.387 e. The average Bonchev–Trinajstić information content (AvgIpc) is 3.26. The third-order valence-corrected chi connectivity index (χ3v) is 5.44. The van der Waals surface area contributed by atoms with Crippen LogP contribution in [0.25, 0.3) is 0 Å². The molecular formula is C19H16F2N2O5S. The van der Waals surface area contributed by atoms with Crippen LogP contribution in [0.3, 0.4) is 0 Å². The number of ether oxygens (including phenoxy) is 3. The van der Waals surface area contributed by atoms with Crippen molar-refractivity contribution in [3.63, 3.8) is 0 Å². The van der Waals surface area contributed by atoms with Crippen LogP contribution in [-0.4, -0.2) is 32.2 Å². The lowest BCUT2D eigenvalue weighted by Gasteiger charge is -2.11. The molecule has 0 spiro atoms. The second-order valence-electron chi connectivity index (χ2n) is 6.04. The van der Waals surface area contributed by atoms with E-state index in [1.165, 1.54) is 30.6 Å². The number of halogens is 2. The molecule has 10 heteroatoms. The minimum absolute atomic E-state index is 0.00378. The van der Waals surface area contributed by atoms with Gasteiger partial charge in [0.25, 0.3) is 5.91 Å². The predicted octanol–water partition coefficient (Wildman–Crippen LogP) is 3.51. The molecule has 1 aromatic heterocycles. The number of fused-ring (bicyclic) bond motifs is 1. The first-order valence-electron chi connectivity index (χ1n) is 8.57. The summed E-state index contributed by atoms with van der Waals surface area (Å²) in [6.07, 6.45) is 2.69. The summed E-state index contributed by atoms with van der Waals surface area (Å²) in [6.45, 7) is -3.61. The number of thiophene rings is 1. The van der Waals surface area contributed by atoms with Gasteiger partial charge in [0.2, 0.25) is 0 Å². The van der Waals surface area contributed by atoms with Crippen molar-refractivity contribution in [3.05, 3.63) is 39.8 Å². The fourth-order valence-corrected chi connectivity index (χ4v) is 4.23. The lowest BCUT2D eigenvalue weighted by molar-refractivity contribution is -0.119. The van der Waals surface area contributed by atoms with E-state index in [0.717, 1.165) is 35.8 Å². The van der Waals surface area contributed by atoms with E-state index < -0.39 is 25.1 Å². The van der Waals surface area contributed by atoms with E-state index in [0.29, 0.717) is 10.6 Å². The van der Waals surface area contributed by atoms with Crippen LogP contribution in [-0.2, 0) is 22.4 Å². The Labute approximate surface area is 168 Å². The highest BCUT2D eigenvalue weighted by atomic mass is 32.1. The highest BCUT2D eigenvalue weighted by Gasteiger charge is 2.23. The number of hydrogen-bond donors (Lipinski definition) is 1. The van der Waals surface area contributed by atoms with Gasteiger partial charge in [0.15, 0.2) is 18.1 Å². The number of alkyl halides is 2. The predicted molar refractivity (Wildman–Crippen MR) is 99.6 cm³/mol. The summed E-state index contributed by atoms with van der Waals surface area (Å²) in [5, 5.41) is 12.4. The van der Waals surface area contributed by atoms with E-state index in [4.69, 9.17) is 9.47 Å². The van der Waals surface area contributed by atoms with Crippen LogP contribution >= 0.6 is 11.3 Å². The van der Waals surface area contributed by atoms with Gasteiger partial charge in [-0.25, -0.2) is 4.79 Å². The Morgan fingerprint density at radius 3 is 2.79 bits per heavy atom. The fourth-order valence-electron chi connectivity index (χ4n) is 2.98. The summed E-state index contributed by atoms with van der Waals surface area (Å²) in [5.74, 6) is -1.72. The van der Waals surface area contributed by atoms with Crippen molar-refractivity contribution in [1.29, 1.82) is 5.26 Å². The molecule has 0 bridgehead atoms. The van der Waals surface area contributed by atoms with Crippen LogP contribution < -0.4 is 14.8 Å². The van der Waals surface area contributed by atoms with Crippen molar-refractivity contribution in [2.75, 3.05) is 19.0 Å². The van der Waals surface area contributed by atoms with Crippen molar-refractivity contribution in [2.45, 2.75) is 25.9 Å².